The lowest BCUT2D eigenvalue weighted by Gasteiger charge is -2.02. The molecule has 0 unspecified atom stereocenters. The number of hydrogen-bond acceptors (Lipinski definition) is 4. The molecule has 3 nitrogen and oxygen atoms in total. The van der Waals surface area contributed by atoms with Crippen LogP contribution in [0.4, 0.5) is 5.13 Å². The first-order valence-electron chi connectivity index (χ1n) is 8.42. The number of carbonyl (C=O) groups is 1. The highest BCUT2D eigenvalue weighted by atomic mass is 32.1. The van der Waals surface area contributed by atoms with Crippen molar-refractivity contribution < 1.29 is 4.79 Å². The summed E-state index contributed by atoms with van der Waals surface area (Å²) in [7, 11) is 0. The topological polar surface area (TPSA) is 42.0 Å². The molecule has 2 heterocycles. The first-order valence-corrected chi connectivity index (χ1v) is 10.2. The van der Waals surface area contributed by atoms with Crippen LogP contribution >= 0.6 is 22.7 Å². The van der Waals surface area contributed by atoms with Gasteiger partial charge in [-0.1, -0.05) is 60.7 Å². The Balaban J connectivity index is 1.44. The Labute approximate surface area is 165 Å². The highest BCUT2D eigenvalue weighted by molar-refractivity contribution is 7.14. The standard InChI is InChI=1S/C22H16N2OS2/c25-21(13-12-19-7-4-14-26-19)24-22-23-20(15-27-22)18-10-8-17(9-11-18)16-5-2-1-3-6-16/h1-15H,(H,23,24,25)/b13-12+. The number of thiazole rings is 1. The SMILES string of the molecule is O=C(/C=C/c1cccs1)Nc1nc(-c2ccc(-c3ccccc3)cc2)cs1. The molecule has 1 amide bonds. The minimum Gasteiger partial charge on any atom is -0.298 e. The molecule has 0 saturated heterocycles. The van der Waals surface area contributed by atoms with Crippen LogP contribution < -0.4 is 5.32 Å². The van der Waals surface area contributed by atoms with Gasteiger partial charge in [0, 0.05) is 21.9 Å². The van der Waals surface area contributed by atoms with Gasteiger partial charge in [0.15, 0.2) is 5.13 Å². The Kier molecular flexibility index (Phi) is 5.23. The predicted octanol–water partition coefficient (Wildman–Crippen LogP) is 6.19. The van der Waals surface area contributed by atoms with Gasteiger partial charge in [-0.15, -0.1) is 22.7 Å². The zero-order chi connectivity index (χ0) is 18.5. The van der Waals surface area contributed by atoms with E-state index in [1.165, 1.54) is 28.5 Å². The molecule has 0 saturated carbocycles. The van der Waals surface area contributed by atoms with Gasteiger partial charge in [0.2, 0.25) is 5.91 Å². The van der Waals surface area contributed by atoms with Crippen LogP contribution in [0.3, 0.4) is 0 Å². The zero-order valence-corrected chi connectivity index (χ0v) is 16.0. The van der Waals surface area contributed by atoms with Gasteiger partial charge in [-0.3, -0.25) is 10.1 Å². The minimum absolute atomic E-state index is 0.177. The number of carbonyl (C=O) groups excluding carboxylic acids is 1. The molecule has 5 heteroatoms. The summed E-state index contributed by atoms with van der Waals surface area (Å²) in [5, 5.41) is 7.35. The summed E-state index contributed by atoms with van der Waals surface area (Å²) in [6.07, 6.45) is 3.33. The Bertz CT molecular complexity index is 1050. The molecule has 0 bridgehead atoms. The van der Waals surface area contributed by atoms with Crippen LogP contribution in [0, 0.1) is 0 Å². The second-order valence-electron chi connectivity index (χ2n) is 5.82. The third-order valence-electron chi connectivity index (χ3n) is 3.96. The number of amides is 1. The van der Waals surface area contributed by atoms with Crippen LogP contribution in [0.1, 0.15) is 4.88 Å². The summed E-state index contributed by atoms with van der Waals surface area (Å²) in [5.74, 6) is -0.177. The van der Waals surface area contributed by atoms with Crippen LogP contribution in [-0.2, 0) is 4.79 Å². The molecule has 0 aliphatic carbocycles. The highest BCUT2D eigenvalue weighted by Crippen LogP contribution is 2.27. The zero-order valence-electron chi connectivity index (χ0n) is 14.3. The van der Waals surface area contributed by atoms with Gasteiger partial charge >= 0.3 is 0 Å². The Morgan fingerprint density at radius 3 is 2.33 bits per heavy atom. The number of rotatable bonds is 5. The summed E-state index contributed by atoms with van der Waals surface area (Å²) in [6.45, 7) is 0. The molecule has 2 aromatic heterocycles. The van der Waals surface area contributed by atoms with E-state index in [-0.39, 0.29) is 5.91 Å². The van der Waals surface area contributed by atoms with E-state index in [0.29, 0.717) is 5.13 Å². The van der Waals surface area contributed by atoms with Crippen LogP contribution in [-0.4, -0.2) is 10.9 Å². The summed E-state index contributed by atoms with van der Waals surface area (Å²) in [5.41, 5.74) is 4.24. The molecular formula is C22H16N2OS2. The number of aromatic nitrogens is 1. The van der Waals surface area contributed by atoms with E-state index in [9.17, 15) is 4.79 Å². The van der Waals surface area contributed by atoms with E-state index >= 15 is 0 Å². The van der Waals surface area contributed by atoms with Crippen LogP contribution in [0.2, 0.25) is 0 Å². The molecule has 1 N–H and O–H groups in total. The smallest absolute Gasteiger partial charge is 0.250 e. The molecule has 0 aliphatic rings. The van der Waals surface area contributed by atoms with Crippen molar-refractivity contribution in [1.82, 2.24) is 4.98 Å². The van der Waals surface area contributed by atoms with Crippen molar-refractivity contribution in [3.05, 3.63) is 88.4 Å². The van der Waals surface area contributed by atoms with Crippen molar-refractivity contribution in [2.45, 2.75) is 0 Å². The highest BCUT2D eigenvalue weighted by Gasteiger charge is 2.07. The monoisotopic (exact) mass is 388 g/mol. The van der Waals surface area contributed by atoms with Gasteiger partial charge in [0.25, 0.3) is 0 Å². The average molecular weight is 389 g/mol. The number of anilines is 1. The lowest BCUT2D eigenvalue weighted by atomic mass is 10.0. The number of thiophene rings is 1. The maximum absolute atomic E-state index is 12.0. The Morgan fingerprint density at radius 2 is 1.59 bits per heavy atom. The van der Waals surface area contributed by atoms with Crippen molar-refractivity contribution in [2.75, 3.05) is 5.32 Å². The molecule has 0 atom stereocenters. The average Bonchev–Trinajstić information content (AvgIpc) is 3.39. The number of nitrogens with zero attached hydrogens (tertiary/aromatic N) is 1. The normalized spacial score (nSPS) is 11.0. The summed E-state index contributed by atoms with van der Waals surface area (Å²) >= 11 is 3.01. The van der Waals surface area contributed by atoms with Gasteiger partial charge in [-0.05, 0) is 28.6 Å². The van der Waals surface area contributed by atoms with E-state index in [1.54, 1.807) is 17.4 Å². The molecule has 2 aromatic carbocycles. The fourth-order valence-electron chi connectivity index (χ4n) is 2.62. The summed E-state index contributed by atoms with van der Waals surface area (Å²) in [6, 6.07) is 22.5. The van der Waals surface area contributed by atoms with Crippen molar-refractivity contribution in [3.8, 4) is 22.4 Å². The molecule has 4 aromatic rings. The fourth-order valence-corrected chi connectivity index (χ4v) is 3.96. The van der Waals surface area contributed by atoms with E-state index < -0.39 is 0 Å². The van der Waals surface area contributed by atoms with Gasteiger partial charge in [-0.25, -0.2) is 4.98 Å². The first-order chi connectivity index (χ1) is 13.3. The molecule has 0 spiro atoms. The first kappa shape index (κ1) is 17.4. The summed E-state index contributed by atoms with van der Waals surface area (Å²) in [4.78, 5) is 17.6. The van der Waals surface area contributed by atoms with Crippen molar-refractivity contribution in [2.24, 2.45) is 0 Å². The number of hydrogen-bond donors (Lipinski definition) is 1. The van der Waals surface area contributed by atoms with Crippen LogP contribution in [0.5, 0.6) is 0 Å². The molecule has 0 fully saturated rings. The predicted molar refractivity (Wildman–Crippen MR) is 115 cm³/mol. The number of nitrogens with one attached hydrogen (secondary N) is 1. The molecule has 4 rings (SSSR count). The van der Waals surface area contributed by atoms with Gasteiger partial charge in [0.05, 0.1) is 5.69 Å². The molecule has 132 valence electrons. The van der Waals surface area contributed by atoms with E-state index in [4.69, 9.17) is 0 Å². The van der Waals surface area contributed by atoms with Crippen LogP contribution in [0.25, 0.3) is 28.5 Å². The molecule has 0 radical (unpaired) electrons. The third kappa shape index (κ3) is 4.39. The lowest BCUT2D eigenvalue weighted by molar-refractivity contribution is -0.111. The number of benzene rings is 2. The van der Waals surface area contributed by atoms with Gasteiger partial charge < -0.3 is 0 Å². The Hall–Kier alpha value is -3.02. The minimum atomic E-state index is -0.177. The Morgan fingerprint density at radius 1 is 0.852 bits per heavy atom. The van der Waals surface area contributed by atoms with Crippen LogP contribution in [0.15, 0.2) is 83.6 Å². The molecule has 0 aliphatic heterocycles. The van der Waals surface area contributed by atoms with E-state index in [1.807, 2.05) is 41.1 Å². The maximum Gasteiger partial charge on any atom is 0.250 e. The third-order valence-corrected chi connectivity index (χ3v) is 5.56. The molecular weight excluding hydrogens is 372 g/mol. The fraction of sp³-hybridized carbons (Fsp3) is 0. The van der Waals surface area contributed by atoms with Crippen molar-refractivity contribution in [3.63, 3.8) is 0 Å². The van der Waals surface area contributed by atoms with E-state index in [0.717, 1.165) is 16.1 Å². The van der Waals surface area contributed by atoms with E-state index in [2.05, 4.69) is 46.7 Å². The maximum atomic E-state index is 12.0. The van der Waals surface area contributed by atoms with Crippen molar-refractivity contribution >= 4 is 39.8 Å². The van der Waals surface area contributed by atoms with Gasteiger partial charge in [0.1, 0.15) is 0 Å². The quantitative estimate of drug-likeness (QED) is 0.414. The van der Waals surface area contributed by atoms with Gasteiger partial charge in [-0.2, -0.15) is 0 Å². The molecule has 27 heavy (non-hydrogen) atoms. The summed E-state index contributed by atoms with van der Waals surface area (Å²) < 4.78 is 0. The second-order valence-corrected chi connectivity index (χ2v) is 7.66. The largest absolute Gasteiger partial charge is 0.298 e. The second kappa shape index (κ2) is 8.12. The lowest BCUT2D eigenvalue weighted by Crippen LogP contribution is -2.07. The van der Waals surface area contributed by atoms with Crippen molar-refractivity contribution in [1.29, 1.82) is 0 Å².